The maximum absolute atomic E-state index is 12.3. The minimum Gasteiger partial charge on any atom is -0.445 e. The number of alkyl carbamates (subject to hydrolysis) is 1. The number of hydrogen-bond acceptors (Lipinski definition) is 4. The van der Waals surface area contributed by atoms with Gasteiger partial charge in [0.05, 0.1) is 5.52 Å². The van der Waals surface area contributed by atoms with Crippen LogP contribution in [-0.4, -0.2) is 35.0 Å². The Bertz CT molecular complexity index is 1130. The molecule has 2 amide bonds. The van der Waals surface area contributed by atoms with Gasteiger partial charge in [-0.05, 0) is 64.4 Å². The Morgan fingerprint density at radius 1 is 1.19 bits per heavy atom. The van der Waals surface area contributed by atoms with E-state index in [0.29, 0.717) is 15.7 Å². The molecule has 2 unspecified atom stereocenters. The highest BCUT2D eigenvalue weighted by Gasteiger charge is 2.30. The smallest absolute Gasteiger partial charge is 0.407 e. The van der Waals surface area contributed by atoms with Gasteiger partial charge in [0.1, 0.15) is 11.2 Å². The van der Waals surface area contributed by atoms with Gasteiger partial charge in [-0.1, -0.05) is 42.8 Å². The number of hydrogen-bond donors (Lipinski definition) is 3. The van der Waals surface area contributed by atoms with Crippen molar-refractivity contribution in [3.8, 4) is 0 Å². The summed E-state index contributed by atoms with van der Waals surface area (Å²) < 4.78 is 7.04. The van der Waals surface area contributed by atoms with Crippen LogP contribution in [0.2, 0.25) is 0 Å². The zero-order valence-electron chi connectivity index (χ0n) is 17.8. The predicted octanol–water partition coefficient (Wildman–Crippen LogP) is 4.95. The van der Waals surface area contributed by atoms with Crippen LogP contribution in [0.25, 0.3) is 10.9 Å². The highest BCUT2D eigenvalue weighted by molar-refractivity contribution is 9.10. The van der Waals surface area contributed by atoms with Crippen LogP contribution in [0, 0.1) is 0 Å². The third-order valence-corrected chi connectivity index (χ3v) is 6.79. The van der Waals surface area contributed by atoms with E-state index >= 15 is 0 Å². The van der Waals surface area contributed by atoms with Crippen LogP contribution in [0.4, 0.5) is 4.79 Å². The number of carbonyl (C=O) groups excluding carboxylic acids is 2. The molecular formula is C24H26BrN3O4. The first-order chi connectivity index (χ1) is 15.5. The third-order valence-electron chi connectivity index (χ3n) is 6.03. The number of aromatic nitrogens is 1. The highest BCUT2D eigenvalue weighted by Crippen LogP contribution is 2.42. The quantitative estimate of drug-likeness (QED) is 0.432. The molecule has 32 heavy (non-hydrogen) atoms. The van der Waals surface area contributed by atoms with Crippen LogP contribution in [0.15, 0.2) is 53.1 Å². The second kappa shape index (κ2) is 9.65. The van der Waals surface area contributed by atoms with E-state index in [1.165, 1.54) is 0 Å². The topological polar surface area (TPSA) is 92.6 Å². The van der Waals surface area contributed by atoms with E-state index in [1.54, 1.807) is 19.2 Å². The number of benzene rings is 2. The number of ether oxygens (including phenoxy) is 1. The van der Waals surface area contributed by atoms with Crippen LogP contribution in [0.1, 0.15) is 53.1 Å². The Morgan fingerprint density at radius 2 is 1.97 bits per heavy atom. The van der Waals surface area contributed by atoms with Gasteiger partial charge >= 0.3 is 6.09 Å². The Balaban J connectivity index is 1.47. The van der Waals surface area contributed by atoms with Crippen molar-refractivity contribution in [2.45, 2.75) is 44.2 Å². The zero-order chi connectivity index (χ0) is 22.7. The molecular weight excluding hydrogens is 474 g/mol. The lowest BCUT2D eigenvalue weighted by Crippen LogP contribution is -2.38. The Kier molecular flexibility index (Phi) is 6.69. The van der Waals surface area contributed by atoms with Gasteiger partial charge in [0.25, 0.3) is 5.91 Å². The molecule has 0 aliphatic heterocycles. The summed E-state index contributed by atoms with van der Waals surface area (Å²) in [6.45, 7) is 0.236. The first-order valence-corrected chi connectivity index (χ1v) is 11.5. The van der Waals surface area contributed by atoms with Crippen LogP contribution >= 0.6 is 15.9 Å². The molecule has 3 N–H and O–H groups in total. The molecule has 1 heterocycles. The summed E-state index contributed by atoms with van der Waals surface area (Å²) in [5.74, 6) is -0.0546. The number of carbonyl (C=O) groups is 2. The number of halogens is 1. The van der Waals surface area contributed by atoms with E-state index in [1.807, 2.05) is 36.4 Å². The van der Waals surface area contributed by atoms with E-state index in [-0.39, 0.29) is 24.5 Å². The second-order valence-corrected chi connectivity index (χ2v) is 8.85. The molecule has 4 rings (SSSR count). The van der Waals surface area contributed by atoms with Crippen molar-refractivity contribution in [1.29, 1.82) is 0 Å². The monoisotopic (exact) mass is 499 g/mol. The van der Waals surface area contributed by atoms with E-state index in [2.05, 4.69) is 26.6 Å². The van der Waals surface area contributed by atoms with Gasteiger partial charge in [-0.3, -0.25) is 4.79 Å². The van der Waals surface area contributed by atoms with Crippen molar-refractivity contribution in [2.24, 2.45) is 0 Å². The number of nitrogens with one attached hydrogen (secondary N) is 2. The average molecular weight is 500 g/mol. The van der Waals surface area contributed by atoms with Crippen molar-refractivity contribution >= 4 is 38.8 Å². The molecule has 2 atom stereocenters. The summed E-state index contributed by atoms with van der Waals surface area (Å²) in [4.78, 5) is 24.3. The number of rotatable bonds is 5. The lowest BCUT2D eigenvalue weighted by atomic mass is 9.81. The Labute approximate surface area is 194 Å². The van der Waals surface area contributed by atoms with Gasteiger partial charge in [0.2, 0.25) is 0 Å². The molecule has 1 aromatic heterocycles. The highest BCUT2D eigenvalue weighted by atomic mass is 79.9. The SMILES string of the molecule is CNC(=O)c1ccc2c(C3CCCC(NC(=O)OCc4ccccc4)C3)c(Br)n(O)c2c1. The molecule has 0 bridgehead atoms. The molecule has 1 aliphatic carbocycles. The van der Waals surface area contributed by atoms with E-state index < -0.39 is 6.09 Å². The molecule has 0 saturated heterocycles. The van der Waals surface area contributed by atoms with Gasteiger partial charge in [0.15, 0.2) is 0 Å². The molecule has 8 heteroatoms. The first kappa shape index (κ1) is 22.2. The van der Waals surface area contributed by atoms with Gasteiger partial charge < -0.3 is 20.6 Å². The van der Waals surface area contributed by atoms with Crippen molar-refractivity contribution < 1.29 is 19.5 Å². The maximum Gasteiger partial charge on any atom is 0.407 e. The fourth-order valence-corrected chi connectivity index (χ4v) is 5.18. The lowest BCUT2D eigenvalue weighted by Gasteiger charge is -2.29. The molecule has 0 radical (unpaired) electrons. The largest absolute Gasteiger partial charge is 0.445 e. The summed E-state index contributed by atoms with van der Waals surface area (Å²) in [7, 11) is 1.58. The van der Waals surface area contributed by atoms with Crippen LogP contribution in [0.3, 0.4) is 0 Å². The zero-order valence-corrected chi connectivity index (χ0v) is 19.4. The van der Waals surface area contributed by atoms with Gasteiger partial charge in [0, 0.05) is 24.0 Å². The van der Waals surface area contributed by atoms with Crippen molar-refractivity contribution in [3.63, 3.8) is 0 Å². The standard InChI is InChI=1S/C24H26BrN3O4/c1-26-23(29)17-10-11-19-20(13-17)28(31)22(25)21(19)16-8-5-9-18(12-16)27-24(30)32-14-15-6-3-2-4-7-15/h2-4,6-7,10-11,13,16,18,31H,5,8-9,12,14H2,1H3,(H,26,29)(H,27,30). The summed E-state index contributed by atoms with van der Waals surface area (Å²) in [5, 5.41) is 17.1. The fraction of sp³-hybridized carbons (Fsp3) is 0.333. The Hall–Kier alpha value is -3.00. The van der Waals surface area contributed by atoms with E-state index in [0.717, 1.165) is 46.9 Å². The summed E-state index contributed by atoms with van der Waals surface area (Å²) >= 11 is 3.53. The third kappa shape index (κ3) is 4.60. The molecule has 3 aromatic rings. The summed E-state index contributed by atoms with van der Waals surface area (Å²) in [6.07, 6.45) is 3.11. The Morgan fingerprint density at radius 3 is 2.72 bits per heavy atom. The molecule has 2 aromatic carbocycles. The van der Waals surface area contributed by atoms with Crippen LogP contribution < -0.4 is 10.6 Å². The fourth-order valence-electron chi connectivity index (χ4n) is 4.45. The average Bonchev–Trinajstić information content (AvgIpc) is 3.07. The molecule has 0 spiro atoms. The molecule has 168 valence electrons. The molecule has 1 fully saturated rings. The molecule has 1 aliphatic rings. The first-order valence-electron chi connectivity index (χ1n) is 10.7. The predicted molar refractivity (Wildman–Crippen MR) is 125 cm³/mol. The lowest BCUT2D eigenvalue weighted by molar-refractivity contribution is 0.0963. The van der Waals surface area contributed by atoms with Crippen LogP contribution in [0.5, 0.6) is 0 Å². The van der Waals surface area contributed by atoms with Crippen molar-refractivity contribution in [1.82, 2.24) is 15.4 Å². The minimum atomic E-state index is -0.418. The number of fused-ring (bicyclic) bond motifs is 1. The summed E-state index contributed by atoms with van der Waals surface area (Å²) in [6, 6.07) is 14.9. The van der Waals surface area contributed by atoms with Gasteiger partial charge in [-0.2, -0.15) is 4.73 Å². The van der Waals surface area contributed by atoms with Crippen LogP contribution in [-0.2, 0) is 11.3 Å². The van der Waals surface area contributed by atoms with E-state index in [4.69, 9.17) is 4.74 Å². The summed E-state index contributed by atoms with van der Waals surface area (Å²) in [5.41, 5.74) is 3.00. The van der Waals surface area contributed by atoms with Gasteiger partial charge in [-0.15, -0.1) is 0 Å². The second-order valence-electron chi connectivity index (χ2n) is 8.09. The maximum atomic E-state index is 12.3. The normalized spacial score (nSPS) is 18.3. The van der Waals surface area contributed by atoms with Crippen molar-refractivity contribution in [2.75, 3.05) is 7.05 Å². The molecule has 7 nitrogen and oxygen atoms in total. The van der Waals surface area contributed by atoms with Crippen molar-refractivity contribution in [3.05, 3.63) is 69.8 Å². The number of amides is 2. The molecule has 1 saturated carbocycles. The minimum absolute atomic E-state index is 0.00819. The van der Waals surface area contributed by atoms with Gasteiger partial charge in [-0.25, -0.2) is 4.79 Å². The number of nitrogens with zero attached hydrogens (tertiary/aromatic N) is 1. The van der Waals surface area contributed by atoms with E-state index in [9.17, 15) is 14.8 Å².